The first-order chi connectivity index (χ1) is 9.55. The summed E-state index contributed by atoms with van der Waals surface area (Å²) in [5, 5.41) is 9.04. The molecule has 0 spiro atoms. The lowest BCUT2D eigenvalue weighted by Gasteiger charge is -2.21. The molecule has 1 fully saturated rings. The fourth-order valence-electron chi connectivity index (χ4n) is 2.49. The van der Waals surface area contributed by atoms with Gasteiger partial charge in [0.2, 0.25) is 5.91 Å². The molecule has 1 aromatic carbocycles. The number of carbonyl (C=O) groups is 1. The molecule has 1 saturated heterocycles. The predicted octanol–water partition coefficient (Wildman–Crippen LogP) is 0.965. The van der Waals surface area contributed by atoms with Crippen molar-refractivity contribution in [3.8, 4) is 11.8 Å². The number of nitrogens with zero attached hydrogens (tertiary/aromatic N) is 2. The molecule has 1 heterocycles. The summed E-state index contributed by atoms with van der Waals surface area (Å²) >= 11 is 0. The van der Waals surface area contributed by atoms with Gasteiger partial charge in [0.25, 0.3) is 0 Å². The molecule has 106 valence electrons. The van der Waals surface area contributed by atoms with Gasteiger partial charge in [0, 0.05) is 19.5 Å². The van der Waals surface area contributed by atoms with Gasteiger partial charge in [-0.1, -0.05) is 6.07 Å². The molecule has 0 radical (unpaired) electrons. The molecule has 0 bridgehead atoms. The molecule has 5 nitrogen and oxygen atoms in total. The van der Waals surface area contributed by atoms with Crippen molar-refractivity contribution in [3.05, 3.63) is 29.3 Å². The molecular formula is C14H16FN3O2. The van der Waals surface area contributed by atoms with Gasteiger partial charge < -0.3 is 10.5 Å². The second-order valence-corrected chi connectivity index (χ2v) is 4.83. The summed E-state index contributed by atoms with van der Waals surface area (Å²) < 4.78 is 18.5. The Hall–Kier alpha value is -2.13. The van der Waals surface area contributed by atoms with Crippen molar-refractivity contribution < 1.29 is 13.9 Å². The number of rotatable bonds is 4. The Kier molecular flexibility index (Phi) is 4.20. The molecule has 1 aromatic rings. The lowest BCUT2D eigenvalue weighted by atomic mass is 10.1. The minimum atomic E-state index is -1.04. The second-order valence-electron chi connectivity index (χ2n) is 4.83. The van der Waals surface area contributed by atoms with Crippen LogP contribution in [-0.2, 0) is 11.3 Å². The first-order valence-electron chi connectivity index (χ1n) is 6.29. The number of primary amides is 1. The zero-order chi connectivity index (χ0) is 14.7. The normalized spacial score (nSPS) is 22.4. The van der Waals surface area contributed by atoms with Gasteiger partial charge in [0.15, 0.2) is 0 Å². The van der Waals surface area contributed by atoms with E-state index in [2.05, 4.69) is 0 Å². The van der Waals surface area contributed by atoms with Crippen molar-refractivity contribution in [1.82, 2.24) is 4.90 Å². The molecule has 1 amide bonds. The third-order valence-electron chi connectivity index (χ3n) is 3.45. The summed E-state index contributed by atoms with van der Waals surface area (Å²) in [6.07, 6.45) is -0.905. The molecule has 1 aliphatic heterocycles. The van der Waals surface area contributed by atoms with Crippen molar-refractivity contribution in [1.29, 1.82) is 5.26 Å². The SMILES string of the molecule is COc1ccc(CN2C[C@H](F)C[C@H]2C(N)=O)cc1C#N. The number of methoxy groups -OCH3 is 1. The largest absolute Gasteiger partial charge is 0.495 e. The highest BCUT2D eigenvalue weighted by atomic mass is 19.1. The lowest BCUT2D eigenvalue weighted by molar-refractivity contribution is -0.122. The zero-order valence-corrected chi connectivity index (χ0v) is 11.2. The maximum Gasteiger partial charge on any atom is 0.234 e. The number of carbonyl (C=O) groups excluding carboxylic acids is 1. The number of nitrogens with two attached hydrogens (primary N) is 1. The smallest absolute Gasteiger partial charge is 0.234 e. The Labute approximate surface area is 116 Å². The van der Waals surface area contributed by atoms with Crippen LogP contribution in [-0.4, -0.2) is 36.7 Å². The van der Waals surface area contributed by atoms with E-state index >= 15 is 0 Å². The van der Waals surface area contributed by atoms with Crippen LogP contribution in [0.2, 0.25) is 0 Å². The Morgan fingerprint density at radius 1 is 1.65 bits per heavy atom. The van der Waals surface area contributed by atoms with E-state index in [-0.39, 0.29) is 13.0 Å². The molecular weight excluding hydrogens is 261 g/mol. The van der Waals surface area contributed by atoms with E-state index in [9.17, 15) is 9.18 Å². The van der Waals surface area contributed by atoms with Crippen LogP contribution in [0, 0.1) is 11.3 Å². The van der Waals surface area contributed by atoms with E-state index in [1.165, 1.54) is 7.11 Å². The Morgan fingerprint density at radius 3 is 3.00 bits per heavy atom. The van der Waals surface area contributed by atoms with E-state index in [4.69, 9.17) is 15.7 Å². The van der Waals surface area contributed by atoms with Gasteiger partial charge in [0.1, 0.15) is 18.0 Å². The minimum absolute atomic E-state index is 0.136. The first kappa shape index (κ1) is 14.3. The number of alkyl halides is 1. The van der Waals surface area contributed by atoms with Crippen molar-refractivity contribution in [2.75, 3.05) is 13.7 Å². The third-order valence-corrected chi connectivity index (χ3v) is 3.45. The maximum absolute atomic E-state index is 13.4. The lowest BCUT2D eigenvalue weighted by Crippen LogP contribution is -2.39. The van der Waals surface area contributed by atoms with Crippen LogP contribution < -0.4 is 10.5 Å². The third kappa shape index (κ3) is 2.89. The van der Waals surface area contributed by atoms with Crippen molar-refractivity contribution in [3.63, 3.8) is 0 Å². The number of amides is 1. The summed E-state index contributed by atoms with van der Waals surface area (Å²) in [6.45, 7) is 0.564. The topological polar surface area (TPSA) is 79.3 Å². The van der Waals surface area contributed by atoms with Gasteiger partial charge in [-0.05, 0) is 17.7 Å². The summed E-state index contributed by atoms with van der Waals surface area (Å²) in [7, 11) is 1.49. The fourth-order valence-corrected chi connectivity index (χ4v) is 2.49. The van der Waals surface area contributed by atoms with Gasteiger partial charge in [-0.25, -0.2) is 4.39 Å². The molecule has 2 rings (SSSR count). The predicted molar refractivity (Wildman–Crippen MR) is 70.6 cm³/mol. The Bertz CT molecular complexity index is 556. The average molecular weight is 277 g/mol. The second kappa shape index (κ2) is 5.88. The summed E-state index contributed by atoms with van der Waals surface area (Å²) in [5.41, 5.74) is 6.52. The van der Waals surface area contributed by atoms with Crippen molar-refractivity contribution >= 4 is 5.91 Å². The van der Waals surface area contributed by atoms with Crippen LogP contribution in [0.25, 0.3) is 0 Å². The molecule has 0 saturated carbocycles. The van der Waals surface area contributed by atoms with Crippen LogP contribution >= 0.6 is 0 Å². The highest BCUT2D eigenvalue weighted by molar-refractivity contribution is 5.80. The zero-order valence-electron chi connectivity index (χ0n) is 11.2. The number of hydrogen-bond acceptors (Lipinski definition) is 4. The van der Waals surface area contributed by atoms with Crippen molar-refractivity contribution in [2.24, 2.45) is 5.73 Å². The molecule has 2 N–H and O–H groups in total. The highest BCUT2D eigenvalue weighted by Gasteiger charge is 2.35. The number of ether oxygens (including phenoxy) is 1. The van der Waals surface area contributed by atoms with Crippen LogP contribution in [0.5, 0.6) is 5.75 Å². The van der Waals surface area contributed by atoms with Crippen LogP contribution in [0.4, 0.5) is 4.39 Å². The average Bonchev–Trinajstić information content (AvgIpc) is 2.79. The number of benzene rings is 1. The molecule has 0 aliphatic carbocycles. The van der Waals surface area contributed by atoms with Gasteiger partial charge in [-0.3, -0.25) is 9.69 Å². The molecule has 6 heteroatoms. The van der Waals surface area contributed by atoms with Gasteiger partial charge in [-0.2, -0.15) is 5.26 Å². The molecule has 0 unspecified atom stereocenters. The van der Waals surface area contributed by atoms with Crippen LogP contribution in [0.3, 0.4) is 0 Å². The Balaban J connectivity index is 2.17. The van der Waals surface area contributed by atoms with Gasteiger partial charge >= 0.3 is 0 Å². The van der Waals surface area contributed by atoms with E-state index in [1.807, 2.05) is 6.07 Å². The highest BCUT2D eigenvalue weighted by Crippen LogP contribution is 2.25. The summed E-state index contributed by atoms with van der Waals surface area (Å²) in [4.78, 5) is 13.0. The van der Waals surface area contributed by atoms with E-state index in [0.29, 0.717) is 17.9 Å². The number of likely N-dealkylation sites (tertiary alicyclic amines) is 1. The molecule has 20 heavy (non-hydrogen) atoms. The quantitative estimate of drug-likeness (QED) is 0.889. The first-order valence-corrected chi connectivity index (χ1v) is 6.29. The van der Waals surface area contributed by atoms with Gasteiger partial charge in [0.05, 0.1) is 18.7 Å². The number of hydrogen-bond donors (Lipinski definition) is 1. The van der Waals surface area contributed by atoms with Crippen LogP contribution in [0.15, 0.2) is 18.2 Å². The maximum atomic E-state index is 13.4. The van der Waals surface area contributed by atoms with E-state index < -0.39 is 18.1 Å². The Morgan fingerprint density at radius 2 is 2.40 bits per heavy atom. The van der Waals surface area contributed by atoms with E-state index in [1.54, 1.807) is 23.1 Å². The number of halogens is 1. The van der Waals surface area contributed by atoms with Crippen LogP contribution in [0.1, 0.15) is 17.5 Å². The molecule has 2 atom stereocenters. The summed E-state index contributed by atoms with van der Waals surface area (Å²) in [5.74, 6) is -0.0216. The monoisotopic (exact) mass is 277 g/mol. The molecule has 1 aliphatic rings. The van der Waals surface area contributed by atoms with E-state index in [0.717, 1.165) is 5.56 Å². The molecule has 0 aromatic heterocycles. The van der Waals surface area contributed by atoms with Crippen molar-refractivity contribution in [2.45, 2.75) is 25.2 Å². The number of nitriles is 1. The standard InChI is InChI=1S/C14H16FN3O2/c1-20-13-3-2-9(4-10(13)6-16)7-18-8-11(15)5-12(18)14(17)19/h2-4,11-12H,5,7-8H2,1H3,(H2,17,19)/t11-,12+/m1/s1. The van der Waals surface area contributed by atoms with Gasteiger partial charge in [-0.15, -0.1) is 0 Å². The summed E-state index contributed by atoms with van der Waals surface area (Å²) in [6, 6.07) is 6.63. The minimum Gasteiger partial charge on any atom is -0.495 e. The fraction of sp³-hybridized carbons (Fsp3) is 0.429.